The monoisotopic (exact) mass is 362 g/mol. The highest BCUT2D eigenvalue weighted by Crippen LogP contribution is 2.17. The minimum Gasteiger partial charge on any atom is -0.508 e. The summed E-state index contributed by atoms with van der Waals surface area (Å²) in [7, 11) is 0. The normalized spacial score (nSPS) is 12.4. The average Bonchev–Trinajstić information content (AvgIpc) is 3.20. The number of hydrogen-bond acceptors (Lipinski definition) is 6. The number of phenols is 1. The fourth-order valence-electron chi connectivity index (χ4n) is 2.78. The summed E-state index contributed by atoms with van der Waals surface area (Å²) in [5.41, 5.74) is 12.9. The number of rotatable bonds is 5. The van der Waals surface area contributed by atoms with Gasteiger partial charge in [-0.25, -0.2) is 5.53 Å². The van der Waals surface area contributed by atoms with E-state index in [-0.39, 0.29) is 11.5 Å². The minimum atomic E-state index is 0.230. The lowest BCUT2D eigenvalue weighted by Crippen LogP contribution is -2.35. The zero-order chi connectivity index (χ0) is 19.2. The third-order valence-electron chi connectivity index (χ3n) is 4.39. The Morgan fingerprint density at radius 1 is 1.15 bits per heavy atom. The molecule has 1 aliphatic heterocycles. The molecule has 2 aromatic carbocycles. The standard InChI is InChI=1S/C21H22N4O2/c1-3-19(26)10-9-17-13-18(21-22-24-25-23-21)7-6-16(17)5-4-15-8-11-20(27)12-14(15)2/h6-8,11-13,24-25,27H,3,9-10H2,1-2H3,(H,22,23). The van der Waals surface area contributed by atoms with Crippen LogP contribution in [0.5, 0.6) is 5.75 Å². The Labute approximate surface area is 158 Å². The van der Waals surface area contributed by atoms with Crippen LogP contribution >= 0.6 is 0 Å². The molecular weight excluding hydrogens is 340 g/mol. The fraction of sp³-hybridized carbons (Fsp3) is 0.238. The maximum absolute atomic E-state index is 11.8. The molecule has 0 amide bonds. The summed E-state index contributed by atoms with van der Waals surface area (Å²) in [6.45, 7) is 3.79. The van der Waals surface area contributed by atoms with E-state index in [1.54, 1.807) is 18.2 Å². The van der Waals surface area contributed by atoms with E-state index >= 15 is 0 Å². The number of phenolic OH excluding ortho intramolecular Hbond substituents is 1. The number of nitrogens with one attached hydrogen (secondary N) is 3. The zero-order valence-corrected chi connectivity index (χ0v) is 15.4. The number of carbonyl (C=O) groups is 1. The van der Waals surface area contributed by atoms with Crippen LogP contribution in [0.2, 0.25) is 0 Å². The molecule has 6 heteroatoms. The van der Waals surface area contributed by atoms with Crippen molar-refractivity contribution >= 4 is 11.6 Å². The maximum atomic E-state index is 11.8. The van der Waals surface area contributed by atoms with Gasteiger partial charge in [0.25, 0.3) is 0 Å². The van der Waals surface area contributed by atoms with Crippen molar-refractivity contribution in [2.24, 2.45) is 5.10 Å². The molecule has 0 saturated carbocycles. The maximum Gasteiger partial charge on any atom is 0.170 e. The first-order valence-electron chi connectivity index (χ1n) is 8.87. The summed E-state index contributed by atoms with van der Waals surface area (Å²) < 4.78 is 0. The van der Waals surface area contributed by atoms with Crippen molar-refractivity contribution in [1.82, 2.24) is 16.5 Å². The summed E-state index contributed by atoms with van der Waals surface area (Å²) in [5, 5.41) is 13.7. The molecule has 0 bridgehead atoms. The quantitative estimate of drug-likeness (QED) is 0.613. The van der Waals surface area contributed by atoms with Gasteiger partial charge in [-0.1, -0.05) is 18.8 Å². The van der Waals surface area contributed by atoms with Gasteiger partial charge < -0.3 is 5.11 Å². The second-order valence-electron chi connectivity index (χ2n) is 6.34. The molecular formula is C21H22N4O2. The van der Waals surface area contributed by atoms with Gasteiger partial charge in [-0.15, -0.1) is 10.6 Å². The van der Waals surface area contributed by atoms with Crippen molar-refractivity contribution in [3.05, 3.63) is 64.2 Å². The number of aryl methyl sites for hydroxylation is 2. The summed E-state index contributed by atoms with van der Waals surface area (Å²) in [6, 6.07) is 11.0. The molecule has 6 nitrogen and oxygen atoms in total. The number of hydrogen-bond donors (Lipinski definition) is 4. The number of hydrazine groups is 2. The molecule has 0 aromatic heterocycles. The predicted molar refractivity (Wildman–Crippen MR) is 105 cm³/mol. The first kappa shape index (κ1) is 18.5. The van der Waals surface area contributed by atoms with Crippen LogP contribution in [0.3, 0.4) is 0 Å². The molecule has 0 aliphatic carbocycles. The Balaban J connectivity index is 1.93. The van der Waals surface area contributed by atoms with E-state index in [4.69, 9.17) is 0 Å². The van der Waals surface area contributed by atoms with Crippen molar-refractivity contribution in [2.75, 3.05) is 0 Å². The number of aromatic hydroxyl groups is 1. The van der Waals surface area contributed by atoms with Crippen LogP contribution in [-0.2, 0) is 11.2 Å². The zero-order valence-electron chi connectivity index (χ0n) is 15.4. The van der Waals surface area contributed by atoms with Crippen molar-refractivity contribution in [1.29, 1.82) is 0 Å². The van der Waals surface area contributed by atoms with Crippen LogP contribution in [0.1, 0.15) is 47.6 Å². The Kier molecular flexibility index (Phi) is 5.74. The Hall–Kier alpha value is -3.30. The van der Waals surface area contributed by atoms with E-state index in [1.165, 1.54) is 0 Å². The van der Waals surface area contributed by atoms with Crippen LogP contribution in [0.25, 0.3) is 0 Å². The van der Waals surface area contributed by atoms with Crippen molar-refractivity contribution < 1.29 is 9.90 Å². The first-order chi connectivity index (χ1) is 13.1. The third-order valence-corrected chi connectivity index (χ3v) is 4.39. The lowest BCUT2D eigenvalue weighted by molar-refractivity contribution is -0.118. The van der Waals surface area contributed by atoms with E-state index in [0.29, 0.717) is 25.1 Å². The molecule has 3 rings (SSSR count). The second-order valence-corrected chi connectivity index (χ2v) is 6.34. The lowest BCUT2D eigenvalue weighted by atomic mass is 9.97. The Morgan fingerprint density at radius 3 is 2.63 bits per heavy atom. The highest BCUT2D eigenvalue weighted by molar-refractivity contribution is 5.99. The number of nitrogens with zero attached hydrogens (tertiary/aromatic N) is 1. The molecule has 1 heterocycles. The number of Topliss-reactive ketones (excluding diaryl/α,β-unsaturated/α-hetero) is 1. The number of amidine groups is 1. The molecule has 2 aromatic rings. The van der Waals surface area contributed by atoms with Gasteiger partial charge in [0.2, 0.25) is 0 Å². The summed E-state index contributed by atoms with van der Waals surface area (Å²) in [6.07, 6.45) is 1.66. The highest BCUT2D eigenvalue weighted by Gasteiger charge is 2.11. The van der Waals surface area contributed by atoms with Gasteiger partial charge in [-0.05, 0) is 60.9 Å². The van der Waals surface area contributed by atoms with E-state index in [9.17, 15) is 9.90 Å². The number of carbonyl (C=O) groups excluding carboxylic acids is 1. The van der Waals surface area contributed by atoms with Gasteiger partial charge in [0.05, 0.1) is 0 Å². The van der Waals surface area contributed by atoms with Crippen LogP contribution in [0, 0.1) is 18.8 Å². The van der Waals surface area contributed by atoms with Crippen molar-refractivity contribution in [3.8, 4) is 17.6 Å². The van der Waals surface area contributed by atoms with Gasteiger partial charge in [-0.3, -0.25) is 10.2 Å². The molecule has 0 unspecified atom stereocenters. The molecule has 1 aliphatic rings. The smallest absolute Gasteiger partial charge is 0.170 e. The Morgan fingerprint density at radius 2 is 1.93 bits per heavy atom. The van der Waals surface area contributed by atoms with E-state index in [2.05, 4.69) is 33.4 Å². The molecule has 27 heavy (non-hydrogen) atoms. The van der Waals surface area contributed by atoms with Gasteiger partial charge in [0, 0.05) is 29.5 Å². The average molecular weight is 362 g/mol. The summed E-state index contributed by atoms with van der Waals surface area (Å²) in [4.78, 5) is 11.8. The lowest BCUT2D eigenvalue weighted by Gasteiger charge is -2.08. The van der Waals surface area contributed by atoms with Crippen LogP contribution < -0.4 is 16.5 Å². The van der Waals surface area contributed by atoms with E-state index < -0.39 is 0 Å². The first-order valence-corrected chi connectivity index (χ1v) is 8.87. The molecule has 138 valence electrons. The second kappa shape index (κ2) is 8.39. The number of benzene rings is 2. The van der Waals surface area contributed by atoms with E-state index in [1.807, 2.05) is 32.0 Å². The molecule has 4 N–H and O–H groups in total. The van der Waals surface area contributed by atoms with E-state index in [0.717, 1.165) is 27.8 Å². The largest absolute Gasteiger partial charge is 0.508 e. The summed E-state index contributed by atoms with van der Waals surface area (Å²) >= 11 is 0. The SMILES string of the molecule is CCC(=O)CCc1cc(C2=NNNN2)ccc1C#Cc1ccc(O)cc1C. The highest BCUT2D eigenvalue weighted by atomic mass is 16.3. The van der Waals surface area contributed by atoms with Crippen molar-refractivity contribution in [3.63, 3.8) is 0 Å². The topological polar surface area (TPSA) is 85.8 Å². The van der Waals surface area contributed by atoms with Gasteiger partial charge in [0.15, 0.2) is 5.84 Å². The molecule has 0 spiro atoms. The van der Waals surface area contributed by atoms with Gasteiger partial charge in [0.1, 0.15) is 11.5 Å². The molecule has 0 saturated heterocycles. The molecule has 0 atom stereocenters. The summed E-state index contributed by atoms with van der Waals surface area (Å²) in [5.74, 6) is 7.53. The molecule has 0 radical (unpaired) electrons. The number of hydrazone groups is 1. The Bertz CT molecular complexity index is 954. The predicted octanol–water partition coefficient (Wildman–Crippen LogP) is 2.29. The fourth-order valence-corrected chi connectivity index (χ4v) is 2.78. The van der Waals surface area contributed by atoms with Gasteiger partial charge in [-0.2, -0.15) is 0 Å². The van der Waals surface area contributed by atoms with Gasteiger partial charge >= 0.3 is 0 Å². The van der Waals surface area contributed by atoms with Crippen LogP contribution in [-0.4, -0.2) is 16.7 Å². The minimum absolute atomic E-state index is 0.230. The van der Waals surface area contributed by atoms with Crippen molar-refractivity contribution in [2.45, 2.75) is 33.1 Å². The third kappa shape index (κ3) is 4.66. The van der Waals surface area contributed by atoms with Crippen LogP contribution in [0.15, 0.2) is 41.5 Å². The molecule has 0 fully saturated rings. The number of ketones is 1. The van der Waals surface area contributed by atoms with Crippen LogP contribution in [0.4, 0.5) is 0 Å².